The van der Waals surface area contributed by atoms with Gasteiger partial charge in [0.05, 0.1) is 0 Å². The number of hydrogen-bond donors (Lipinski definition) is 2. The Morgan fingerprint density at radius 1 is 1.41 bits per heavy atom. The monoisotopic (exact) mass is 438 g/mol. The van der Waals surface area contributed by atoms with E-state index in [1.165, 1.54) is 4.88 Å². The highest BCUT2D eigenvalue weighted by Crippen LogP contribution is 2.13. The molecule has 0 fully saturated rings. The minimum atomic E-state index is -0.00108. The molecule has 7 heteroatoms. The molecule has 1 heterocycles. The van der Waals surface area contributed by atoms with Crippen molar-refractivity contribution in [1.82, 2.24) is 15.5 Å². The summed E-state index contributed by atoms with van der Waals surface area (Å²) < 4.78 is 0. The molecule has 0 aromatic carbocycles. The molecule has 1 aromatic rings. The number of nitrogens with one attached hydrogen (secondary N) is 2. The van der Waals surface area contributed by atoms with E-state index in [9.17, 15) is 4.79 Å². The molecule has 1 aromatic heterocycles. The number of thiophene rings is 1. The van der Waals surface area contributed by atoms with E-state index in [2.05, 4.69) is 40.1 Å². The van der Waals surface area contributed by atoms with Crippen LogP contribution in [0.25, 0.3) is 0 Å². The highest BCUT2D eigenvalue weighted by atomic mass is 127. The van der Waals surface area contributed by atoms with Gasteiger partial charge in [-0.3, -0.25) is 4.79 Å². The van der Waals surface area contributed by atoms with Crippen LogP contribution in [0.1, 0.15) is 18.7 Å². The molecule has 0 radical (unpaired) electrons. The maximum atomic E-state index is 11.6. The molecule has 0 spiro atoms. The van der Waals surface area contributed by atoms with Gasteiger partial charge in [-0.25, -0.2) is 4.99 Å². The maximum absolute atomic E-state index is 11.6. The predicted octanol–water partition coefficient (Wildman–Crippen LogP) is 2.19. The van der Waals surface area contributed by atoms with Gasteiger partial charge in [-0.2, -0.15) is 0 Å². The maximum Gasteiger partial charge on any atom is 0.243 e. The van der Waals surface area contributed by atoms with Crippen LogP contribution < -0.4 is 10.6 Å². The van der Waals surface area contributed by atoms with Crippen molar-refractivity contribution in [3.05, 3.63) is 22.4 Å². The second-order valence-corrected chi connectivity index (χ2v) is 6.29. The van der Waals surface area contributed by atoms with Gasteiger partial charge < -0.3 is 15.5 Å². The minimum absolute atomic E-state index is 0. The third kappa shape index (κ3) is 8.57. The van der Waals surface area contributed by atoms with E-state index < -0.39 is 0 Å². The van der Waals surface area contributed by atoms with E-state index in [0.29, 0.717) is 11.9 Å². The number of amides is 1. The lowest BCUT2D eigenvalue weighted by atomic mass is 10.1. The molecule has 1 atom stereocenters. The highest BCUT2D eigenvalue weighted by Gasteiger charge is 2.07. The molecule has 1 rings (SSSR count). The van der Waals surface area contributed by atoms with E-state index in [1.54, 1.807) is 30.3 Å². The van der Waals surface area contributed by atoms with E-state index >= 15 is 0 Å². The van der Waals surface area contributed by atoms with Crippen molar-refractivity contribution >= 4 is 47.2 Å². The second-order valence-electron chi connectivity index (χ2n) is 5.25. The summed E-state index contributed by atoms with van der Waals surface area (Å²) >= 11 is 1.79. The van der Waals surface area contributed by atoms with Crippen LogP contribution in [0, 0.1) is 5.92 Å². The van der Waals surface area contributed by atoms with Crippen LogP contribution in [0.2, 0.25) is 0 Å². The van der Waals surface area contributed by atoms with Crippen molar-refractivity contribution in [3.63, 3.8) is 0 Å². The summed E-state index contributed by atoms with van der Waals surface area (Å²) in [6, 6.07) is 4.24. The largest absolute Gasteiger partial charge is 0.357 e. The number of nitrogens with zero attached hydrogens (tertiary/aromatic N) is 2. The van der Waals surface area contributed by atoms with Crippen LogP contribution in [-0.4, -0.2) is 50.5 Å². The first-order valence-corrected chi connectivity index (χ1v) is 8.15. The van der Waals surface area contributed by atoms with Crippen LogP contribution in [-0.2, 0) is 11.2 Å². The number of rotatable bonds is 7. The zero-order valence-corrected chi connectivity index (χ0v) is 16.9. The molecular weight excluding hydrogens is 411 g/mol. The quantitative estimate of drug-likeness (QED) is 0.390. The summed E-state index contributed by atoms with van der Waals surface area (Å²) in [4.78, 5) is 18.8. The first-order chi connectivity index (χ1) is 10.0. The number of carbonyl (C=O) groups is 1. The fourth-order valence-electron chi connectivity index (χ4n) is 1.75. The average molecular weight is 438 g/mol. The van der Waals surface area contributed by atoms with Crippen molar-refractivity contribution in [2.75, 3.05) is 33.7 Å². The number of aliphatic imine (C=N–C) groups is 1. The Balaban J connectivity index is 0.00000441. The molecule has 22 heavy (non-hydrogen) atoms. The molecule has 0 saturated carbocycles. The van der Waals surface area contributed by atoms with Gasteiger partial charge in [0.1, 0.15) is 6.54 Å². The number of carbonyl (C=O) groups excluding carboxylic acids is 1. The molecule has 0 saturated heterocycles. The standard InChI is InChI=1S/C15H26N4OS.HI/c1-5-16-15(18-11-14(20)19(3)4)17-10-12(2)9-13-7-6-8-21-13;/h6-8,12H,5,9-11H2,1-4H3,(H2,16,17,18);1H. The van der Waals surface area contributed by atoms with Gasteiger partial charge in [0.25, 0.3) is 0 Å². The normalized spacial score (nSPS) is 12.3. The lowest BCUT2D eigenvalue weighted by Gasteiger charge is -2.16. The average Bonchev–Trinajstić information content (AvgIpc) is 2.94. The first kappa shape index (κ1) is 21.2. The van der Waals surface area contributed by atoms with Crippen molar-refractivity contribution in [2.24, 2.45) is 10.9 Å². The summed E-state index contributed by atoms with van der Waals surface area (Å²) in [6.07, 6.45) is 1.06. The molecule has 126 valence electrons. The van der Waals surface area contributed by atoms with Gasteiger partial charge in [0, 0.05) is 32.1 Å². The zero-order chi connectivity index (χ0) is 15.7. The number of halogens is 1. The predicted molar refractivity (Wildman–Crippen MR) is 105 cm³/mol. The van der Waals surface area contributed by atoms with Crippen LogP contribution in [0.3, 0.4) is 0 Å². The topological polar surface area (TPSA) is 56.7 Å². The molecule has 0 aliphatic rings. The summed E-state index contributed by atoms with van der Waals surface area (Å²) in [6.45, 7) is 6.00. The number of hydrogen-bond acceptors (Lipinski definition) is 3. The van der Waals surface area contributed by atoms with Crippen LogP contribution in [0.15, 0.2) is 22.5 Å². The molecular formula is C15H27IN4OS. The summed E-state index contributed by atoms with van der Waals surface area (Å²) in [5, 5.41) is 8.57. The first-order valence-electron chi connectivity index (χ1n) is 7.27. The molecule has 5 nitrogen and oxygen atoms in total. The highest BCUT2D eigenvalue weighted by molar-refractivity contribution is 14.0. The van der Waals surface area contributed by atoms with Crippen LogP contribution >= 0.6 is 35.3 Å². The van der Waals surface area contributed by atoms with E-state index in [4.69, 9.17) is 0 Å². The van der Waals surface area contributed by atoms with Gasteiger partial charge in [-0.05, 0) is 30.7 Å². The van der Waals surface area contributed by atoms with Gasteiger partial charge in [0.2, 0.25) is 5.91 Å². The Kier molecular flexibility index (Phi) is 11.3. The second kappa shape index (κ2) is 11.7. The fourth-order valence-corrected chi connectivity index (χ4v) is 2.61. The summed E-state index contributed by atoms with van der Waals surface area (Å²) in [5.41, 5.74) is 0. The summed E-state index contributed by atoms with van der Waals surface area (Å²) in [5.74, 6) is 1.21. The van der Waals surface area contributed by atoms with Crippen molar-refractivity contribution in [3.8, 4) is 0 Å². The third-order valence-corrected chi connectivity index (χ3v) is 3.86. The summed E-state index contributed by atoms with van der Waals surface area (Å²) in [7, 11) is 3.47. The van der Waals surface area contributed by atoms with Gasteiger partial charge >= 0.3 is 0 Å². The number of guanidine groups is 1. The van der Waals surface area contributed by atoms with Crippen molar-refractivity contribution in [2.45, 2.75) is 20.3 Å². The Labute approximate surface area is 154 Å². The SMILES string of the molecule is CCNC(=NCC(=O)N(C)C)NCC(C)Cc1cccs1.I. The van der Waals surface area contributed by atoms with Crippen LogP contribution in [0.5, 0.6) is 0 Å². The van der Waals surface area contributed by atoms with Crippen molar-refractivity contribution in [1.29, 1.82) is 0 Å². The minimum Gasteiger partial charge on any atom is -0.357 e. The molecule has 0 bridgehead atoms. The fraction of sp³-hybridized carbons (Fsp3) is 0.600. The van der Waals surface area contributed by atoms with Crippen molar-refractivity contribution < 1.29 is 4.79 Å². The molecule has 0 aliphatic heterocycles. The van der Waals surface area contributed by atoms with E-state index in [1.807, 2.05) is 6.92 Å². The van der Waals surface area contributed by atoms with Crippen LogP contribution in [0.4, 0.5) is 0 Å². The van der Waals surface area contributed by atoms with Gasteiger partial charge in [0.15, 0.2) is 5.96 Å². The zero-order valence-electron chi connectivity index (χ0n) is 13.8. The molecule has 1 amide bonds. The Bertz CT molecular complexity index is 448. The smallest absolute Gasteiger partial charge is 0.243 e. The van der Waals surface area contributed by atoms with Gasteiger partial charge in [-0.15, -0.1) is 35.3 Å². The van der Waals surface area contributed by atoms with Gasteiger partial charge in [-0.1, -0.05) is 13.0 Å². The molecule has 2 N–H and O–H groups in total. The van der Waals surface area contributed by atoms with E-state index in [0.717, 1.165) is 19.5 Å². The third-order valence-electron chi connectivity index (χ3n) is 2.96. The number of likely N-dealkylation sites (N-methyl/N-ethyl adjacent to an activating group) is 1. The Morgan fingerprint density at radius 3 is 2.68 bits per heavy atom. The molecule has 1 unspecified atom stereocenters. The Hall–Kier alpha value is -0.830. The lowest BCUT2D eigenvalue weighted by Crippen LogP contribution is -2.40. The Morgan fingerprint density at radius 2 is 2.14 bits per heavy atom. The molecule has 0 aliphatic carbocycles. The lowest BCUT2D eigenvalue weighted by molar-refractivity contribution is -0.127. The van der Waals surface area contributed by atoms with E-state index in [-0.39, 0.29) is 36.4 Å².